The van der Waals surface area contributed by atoms with Crippen molar-refractivity contribution < 1.29 is 71.5 Å². The van der Waals surface area contributed by atoms with Crippen LogP contribution < -0.4 is 0 Å². The Bertz CT molecular complexity index is 1960. The molecule has 0 amide bonds. The highest BCUT2D eigenvalue weighted by Crippen LogP contribution is 2.55. The molecule has 10 saturated heterocycles. The van der Waals surface area contributed by atoms with Gasteiger partial charge >= 0.3 is 5.97 Å². The summed E-state index contributed by atoms with van der Waals surface area (Å²) in [5.74, 6) is 0.0189. The third-order valence-electron chi connectivity index (χ3n) is 18.9. The van der Waals surface area contributed by atoms with Crippen LogP contribution in [0.5, 0.6) is 0 Å². The molecule has 12 heterocycles. The fraction of sp³-hybridized carbons (Fsp3) is 0.904. The van der Waals surface area contributed by atoms with Crippen LogP contribution in [0.15, 0.2) is 23.8 Å². The van der Waals surface area contributed by atoms with Gasteiger partial charge in [-0.1, -0.05) is 26.0 Å². The molecule has 0 aromatic heterocycles. The normalized spacial score (nSPS) is 56.6. The topological polar surface area (TPSA) is 157 Å². The van der Waals surface area contributed by atoms with Gasteiger partial charge < -0.3 is 66.7 Å². The van der Waals surface area contributed by atoms with Crippen molar-refractivity contribution in [2.24, 2.45) is 11.8 Å². The molecule has 0 aromatic carbocycles. The molecule has 0 radical (unpaired) electrons. The van der Waals surface area contributed by atoms with Crippen molar-refractivity contribution in [1.82, 2.24) is 0 Å². The van der Waals surface area contributed by atoms with Crippen LogP contribution in [0, 0.1) is 11.8 Å². The van der Waals surface area contributed by atoms with E-state index in [4.69, 9.17) is 61.6 Å². The van der Waals surface area contributed by atoms with Crippen molar-refractivity contribution in [3.05, 3.63) is 23.8 Å². The van der Waals surface area contributed by atoms with Crippen LogP contribution in [0.1, 0.15) is 132 Å². The minimum absolute atomic E-state index is 0.111. The summed E-state index contributed by atoms with van der Waals surface area (Å²) >= 11 is 0. The zero-order valence-electron chi connectivity index (χ0n) is 40.8. The Hall–Kier alpha value is -1.57. The van der Waals surface area contributed by atoms with Crippen molar-refractivity contribution in [2.75, 3.05) is 13.2 Å². The molecule has 24 atom stereocenters. The van der Waals surface area contributed by atoms with Gasteiger partial charge in [0.2, 0.25) is 0 Å². The molecule has 19 unspecified atom stereocenters. The number of fused-ring (bicyclic) bond motifs is 10. The maximum absolute atomic E-state index is 12.3. The average Bonchev–Trinajstić information content (AvgIpc) is 3.72. The summed E-state index contributed by atoms with van der Waals surface area (Å²) in [6, 6.07) is 0. The van der Waals surface area contributed by atoms with Gasteiger partial charge in [0.25, 0.3) is 0 Å². The van der Waals surface area contributed by atoms with Gasteiger partial charge in [-0.05, 0) is 85.1 Å². The first-order chi connectivity index (χ1) is 31.9. The lowest BCUT2D eigenvalue weighted by atomic mass is 9.72. The van der Waals surface area contributed by atoms with Gasteiger partial charge in [0.05, 0.1) is 121 Å². The van der Waals surface area contributed by atoms with Crippen LogP contribution in [0.4, 0.5) is 0 Å². The Morgan fingerprint density at radius 2 is 1.45 bits per heavy atom. The Morgan fingerprint density at radius 3 is 2.27 bits per heavy atom. The summed E-state index contributed by atoms with van der Waals surface area (Å²) < 4.78 is 87.8. The molecule has 15 heteroatoms. The van der Waals surface area contributed by atoms with Crippen molar-refractivity contribution >= 4 is 5.97 Å². The highest BCUT2D eigenvalue weighted by Gasteiger charge is 2.64. The van der Waals surface area contributed by atoms with Crippen LogP contribution in [-0.2, 0) is 66.4 Å². The molecule has 12 aliphatic rings. The number of ether oxygens (including phenoxy) is 13. The molecule has 12 rings (SSSR count). The Labute approximate surface area is 395 Å². The number of hydrogen-bond donors (Lipinski definition) is 1. The van der Waals surface area contributed by atoms with Gasteiger partial charge in [0, 0.05) is 56.9 Å². The number of carbonyl (C=O) groups excluding carboxylic acids is 1. The van der Waals surface area contributed by atoms with Gasteiger partial charge in [0.1, 0.15) is 23.9 Å². The first kappa shape index (κ1) is 46.5. The largest absolute Gasteiger partial charge is 0.456 e. The van der Waals surface area contributed by atoms with Gasteiger partial charge in [-0.2, -0.15) is 0 Å². The lowest BCUT2D eigenvalue weighted by molar-refractivity contribution is -0.357. The van der Waals surface area contributed by atoms with Gasteiger partial charge in [0.15, 0.2) is 6.29 Å². The van der Waals surface area contributed by atoms with E-state index in [9.17, 15) is 9.90 Å². The Balaban J connectivity index is 0.719. The second-order valence-corrected chi connectivity index (χ2v) is 24.0. The minimum Gasteiger partial charge on any atom is -0.456 e. The van der Waals surface area contributed by atoms with Crippen LogP contribution >= 0.6 is 0 Å². The average molecular weight is 941 g/mol. The molecule has 0 spiro atoms. The maximum atomic E-state index is 12.3. The fourth-order valence-electron chi connectivity index (χ4n) is 14.9. The standard InChI is InChI=1S/C52H76O15/c1-26-17-32-37(24-50(6)39(60-32)22-36-46(66-50)27(2)18-44(54)62-36)59-31-11-13-49(5)40(63-45(26)31)23-41-51(7,67-49)25-43-48(4,65-41)12-9-10-30-33(61-43)20-35-34(58-30)21-42-52(8,64-35)38(53)19-29(57-42)16-28(3)47-55-14-15-56-47/h9-10,18,26,28-43,45-47,53H,11-17,19-25H2,1-8H3/t26?,28?,29?,30?,31?,32?,33?,34?,35?,36?,37?,38?,39?,40?,41?,42?,43?,45?,46?,48-,49-,50+,51+,52+/m1/s1. The highest BCUT2D eigenvalue weighted by atomic mass is 16.7. The maximum Gasteiger partial charge on any atom is 0.331 e. The summed E-state index contributed by atoms with van der Waals surface area (Å²) in [5, 5.41) is 11.7. The van der Waals surface area contributed by atoms with Crippen molar-refractivity contribution in [3.8, 4) is 0 Å². The highest BCUT2D eigenvalue weighted by molar-refractivity contribution is 5.84. The van der Waals surface area contributed by atoms with Crippen molar-refractivity contribution in [3.63, 3.8) is 0 Å². The molecule has 0 aromatic rings. The molecule has 10 fully saturated rings. The molecule has 0 saturated carbocycles. The van der Waals surface area contributed by atoms with E-state index in [1.807, 2.05) is 13.8 Å². The van der Waals surface area contributed by atoms with Gasteiger partial charge in [-0.15, -0.1) is 0 Å². The molecule has 12 aliphatic heterocycles. The zero-order valence-corrected chi connectivity index (χ0v) is 40.8. The number of hydrogen-bond acceptors (Lipinski definition) is 15. The molecule has 374 valence electrons. The Morgan fingerprint density at radius 1 is 0.687 bits per heavy atom. The number of rotatable bonds is 3. The van der Waals surface area contributed by atoms with Crippen molar-refractivity contribution in [2.45, 2.75) is 271 Å². The first-order valence-electron chi connectivity index (χ1n) is 26.0. The molecule has 0 bridgehead atoms. The first-order valence-corrected chi connectivity index (χ1v) is 26.0. The van der Waals surface area contributed by atoms with E-state index in [1.165, 1.54) is 0 Å². The SMILES string of the molecule is CC1=CC(=O)OC2CC3OC4CC(C)C5OC6CC7O[C@]8(C)CC=CC9OC%10CC%11OC(CC(C)C%12OCCO%12)CC(O)[C@]%11(C)OC%10CC9OC8C[C@]7(C)O[C@]6(C)CCC5OC4C[C@]3(C)OC12. The molecule has 15 nitrogen and oxygen atoms in total. The number of esters is 1. The van der Waals surface area contributed by atoms with E-state index in [0.717, 1.165) is 31.3 Å². The van der Waals surface area contributed by atoms with Gasteiger partial charge in [-0.3, -0.25) is 0 Å². The van der Waals surface area contributed by atoms with Crippen LogP contribution in [-0.4, -0.2) is 162 Å². The van der Waals surface area contributed by atoms with E-state index in [2.05, 4.69) is 53.7 Å². The van der Waals surface area contributed by atoms with E-state index in [0.29, 0.717) is 64.6 Å². The van der Waals surface area contributed by atoms with Crippen LogP contribution in [0.25, 0.3) is 0 Å². The van der Waals surface area contributed by atoms with E-state index in [-0.39, 0.29) is 122 Å². The predicted molar refractivity (Wildman–Crippen MR) is 238 cm³/mol. The second-order valence-electron chi connectivity index (χ2n) is 24.0. The molecule has 0 aliphatic carbocycles. The molecule has 67 heavy (non-hydrogen) atoms. The summed E-state index contributed by atoms with van der Waals surface area (Å²) in [7, 11) is 0. The lowest BCUT2D eigenvalue weighted by Gasteiger charge is -2.60. The summed E-state index contributed by atoms with van der Waals surface area (Å²) in [5.41, 5.74) is -2.31. The van der Waals surface area contributed by atoms with Crippen LogP contribution in [0.2, 0.25) is 0 Å². The van der Waals surface area contributed by atoms with Gasteiger partial charge in [-0.25, -0.2) is 4.79 Å². The quantitative estimate of drug-likeness (QED) is 0.270. The van der Waals surface area contributed by atoms with E-state index >= 15 is 0 Å². The third-order valence-corrected chi connectivity index (χ3v) is 18.9. The Kier molecular flexibility index (Phi) is 11.6. The van der Waals surface area contributed by atoms with Crippen molar-refractivity contribution in [1.29, 1.82) is 0 Å². The molecular formula is C52H76O15. The van der Waals surface area contributed by atoms with E-state index in [1.54, 1.807) is 6.08 Å². The summed E-state index contributed by atoms with van der Waals surface area (Å²) in [4.78, 5) is 12.3. The molecular weight excluding hydrogens is 865 g/mol. The minimum atomic E-state index is -0.855. The number of aliphatic hydroxyl groups is 1. The number of carbonyl (C=O) groups is 1. The lowest BCUT2D eigenvalue weighted by Crippen LogP contribution is -2.70. The second kappa shape index (κ2) is 16.7. The fourth-order valence-corrected chi connectivity index (χ4v) is 14.9. The zero-order chi connectivity index (χ0) is 46.4. The monoisotopic (exact) mass is 941 g/mol. The van der Waals surface area contributed by atoms with E-state index < -0.39 is 34.1 Å². The number of aliphatic hydroxyl groups excluding tert-OH is 1. The molecule has 1 N–H and O–H groups in total. The summed E-state index contributed by atoms with van der Waals surface area (Å²) in [6.45, 7) is 18.3. The predicted octanol–water partition coefficient (Wildman–Crippen LogP) is 5.73. The van der Waals surface area contributed by atoms with Crippen LogP contribution in [0.3, 0.4) is 0 Å². The smallest absolute Gasteiger partial charge is 0.331 e. The summed E-state index contributed by atoms with van der Waals surface area (Å²) in [6.07, 6.45) is 9.91. The third kappa shape index (κ3) is 7.98.